The molecule has 0 fully saturated rings. The van der Waals surface area contributed by atoms with Gasteiger partial charge in [-0.2, -0.15) is 0 Å². The molecule has 0 saturated carbocycles. The zero-order chi connectivity index (χ0) is 15.1. The molecule has 0 aliphatic carbocycles. The molecule has 108 valence electrons. The minimum absolute atomic E-state index is 0.0307. The van der Waals surface area contributed by atoms with Crippen LogP contribution in [-0.2, 0) is 11.8 Å². The van der Waals surface area contributed by atoms with Crippen LogP contribution in [0.4, 0.5) is 5.13 Å². The molecule has 2 nitrogen and oxygen atoms in total. The Hall–Kier alpha value is -0.870. The van der Waals surface area contributed by atoms with Crippen molar-refractivity contribution in [3.8, 4) is 0 Å². The van der Waals surface area contributed by atoms with Gasteiger partial charge in [0.05, 0.1) is 5.69 Å². The Morgan fingerprint density at radius 2 is 1.75 bits per heavy atom. The van der Waals surface area contributed by atoms with E-state index in [-0.39, 0.29) is 5.41 Å². The molecule has 2 aromatic rings. The molecule has 0 spiro atoms. The summed E-state index contributed by atoms with van der Waals surface area (Å²) in [4.78, 5) is 5.80. The van der Waals surface area contributed by atoms with Gasteiger partial charge in [-0.15, -0.1) is 11.3 Å². The van der Waals surface area contributed by atoms with Crippen molar-refractivity contribution in [2.45, 2.75) is 46.5 Å². The standard InChI is InChI=1S/C16H21BrN2S/c1-9-6-11(7-10(2)13(9)17)8-12-14(16(3,4)5)19-15(18)20-12/h6-7H,8H2,1-5H3,(H2,18,19). The Morgan fingerprint density at radius 3 is 2.25 bits per heavy atom. The van der Waals surface area contributed by atoms with Gasteiger partial charge in [0.2, 0.25) is 0 Å². The van der Waals surface area contributed by atoms with Crippen LogP contribution in [0.5, 0.6) is 0 Å². The first-order valence-corrected chi connectivity index (χ1v) is 8.30. The van der Waals surface area contributed by atoms with Crippen molar-refractivity contribution in [1.82, 2.24) is 4.98 Å². The van der Waals surface area contributed by atoms with Gasteiger partial charge in [0.15, 0.2) is 5.13 Å². The van der Waals surface area contributed by atoms with E-state index >= 15 is 0 Å². The summed E-state index contributed by atoms with van der Waals surface area (Å²) in [7, 11) is 0. The van der Waals surface area contributed by atoms with Crippen LogP contribution >= 0.6 is 27.3 Å². The molecule has 0 aliphatic heterocycles. The predicted molar refractivity (Wildman–Crippen MR) is 91.6 cm³/mol. The number of nitrogens with zero attached hydrogens (tertiary/aromatic N) is 1. The first-order chi connectivity index (χ1) is 9.18. The number of benzene rings is 1. The van der Waals surface area contributed by atoms with Crippen molar-refractivity contribution in [2.24, 2.45) is 0 Å². The van der Waals surface area contributed by atoms with Crippen molar-refractivity contribution in [2.75, 3.05) is 5.73 Å². The topological polar surface area (TPSA) is 38.9 Å². The van der Waals surface area contributed by atoms with E-state index in [0.717, 1.165) is 12.1 Å². The molecule has 0 aliphatic rings. The van der Waals surface area contributed by atoms with E-state index in [1.54, 1.807) is 11.3 Å². The van der Waals surface area contributed by atoms with Crippen molar-refractivity contribution >= 4 is 32.4 Å². The SMILES string of the molecule is Cc1cc(Cc2sc(N)nc2C(C)(C)C)cc(C)c1Br. The van der Waals surface area contributed by atoms with E-state index < -0.39 is 0 Å². The highest BCUT2D eigenvalue weighted by Crippen LogP contribution is 2.33. The number of aromatic nitrogens is 1. The number of nitrogen functional groups attached to an aromatic ring is 1. The van der Waals surface area contributed by atoms with Crippen molar-refractivity contribution in [3.63, 3.8) is 0 Å². The summed E-state index contributed by atoms with van der Waals surface area (Å²) < 4.78 is 1.20. The lowest BCUT2D eigenvalue weighted by molar-refractivity contribution is 0.568. The van der Waals surface area contributed by atoms with Crippen LogP contribution in [0, 0.1) is 13.8 Å². The van der Waals surface area contributed by atoms with Gasteiger partial charge in [-0.1, -0.05) is 48.8 Å². The molecular formula is C16H21BrN2S. The average molecular weight is 353 g/mol. The fourth-order valence-electron chi connectivity index (χ4n) is 2.40. The van der Waals surface area contributed by atoms with Crippen molar-refractivity contribution in [1.29, 1.82) is 0 Å². The van der Waals surface area contributed by atoms with Crippen molar-refractivity contribution < 1.29 is 0 Å². The number of nitrogens with two attached hydrogens (primary N) is 1. The molecule has 20 heavy (non-hydrogen) atoms. The minimum atomic E-state index is 0.0307. The summed E-state index contributed by atoms with van der Waals surface area (Å²) in [5.74, 6) is 0. The van der Waals surface area contributed by atoms with Gasteiger partial charge in [0, 0.05) is 21.2 Å². The Kier molecular flexibility index (Phi) is 4.26. The normalized spacial score (nSPS) is 11.9. The highest BCUT2D eigenvalue weighted by atomic mass is 79.9. The maximum atomic E-state index is 5.91. The molecule has 0 bridgehead atoms. The van der Waals surface area contributed by atoms with Gasteiger partial charge >= 0.3 is 0 Å². The van der Waals surface area contributed by atoms with Crippen LogP contribution in [-0.4, -0.2) is 4.98 Å². The third-order valence-corrected chi connectivity index (χ3v) is 5.42. The van der Waals surface area contributed by atoms with Gasteiger partial charge in [-0.3, -0.25) is 0 Å². The van der Waals surface area contributed by atoms with E-state index in [2.05, 4.69) is 67.7 Å². The van der Waals surface area contributed by atoms with Gasteiger partial charge in [0.1, 0.15) is 0 Å². The van der Waals surface area contributed by atoms with Crippen LogP contribution in [0.15, 0.2) is 16.6 Å². The highest BCUT2D eigenvalue weighted by molar-refractivity contribution is 9.10. The number of hydrogen-bond donors (Lipinski definition) is 1. The molecule has 2 N–H and O–H groups in total. The molecule has 2 rings (SSSR count). The lowest BCUT2D eigenvalue weighted by atomic mass is 9.90. The first kappa shape index (κ1) is 15.5. The summed E-state index contributed by atoms with van der Waals surface area (Å²) in [6, 6.07) is 4.47. The van der Waals surface area contributed by atoms with E-state index in [1.165, 1.54) is 26.0 Å². The first-order valence-electron chi connectivity index (χ1n) is 6.69. The maximum Gasteiger partial charge on any atom is 0.180 e. The Labute approximate surface area is 133 Å². The molecule has 1 aromatic carbocycles. The summed E-state index contributed by atoms with van der Waals surface area (Å²) in [6.45, 7) is 10.8. The second kappa shape index (κ2) is 5.49. The Morgan fingerprint density at radius 1 is 1.20 bits per heavy atom. The van der Waals surface area contributed by atoms with Crippen LogP contribution in [0.3, 0.4) is 0 Å². The van der Waals surface area contributed by atoms with Gasteiger partial charge in [-0.25, -0.2) is 4.98 Å². The second-order valence-electron chi connectivity index (χ2n) is 6.29. The largest absolute Gasteiger partial charge is 0.375 e. The smallest absolute Gasteiger partial charge is 0.180 e. The third kappa shape index (κ3) is 3.23. The zero-order valence-electron chi connectivity index (χ0n) is 12.7. The second-order valence-corrected chi connectivity index (χ2v) is 8.20. The average Bonchev–Trinajstić information content (AvgIpc) is 2.67. The summed E-state index contributed by atoms with van der Waals surface area (Å²) >= 11 is 5.23. The summed E-state index contributed by atoms with van der Waals surface area (Å²) in [5, 5.41) is 0.662. The Balaban J connectivity index is 2.40. The van der Waals surface area contributed by atoms with Crippen molar-refractivity contribution in [3.05, 3.63) is 43.9 Å². The molecule has 4 heteroatoms. The zero-order valence-corrected chi connectivity index (χ0v) is 15.1. The van der Waals surface area contributed by atoms with Crippen LogP contribution in [0.25, 0.3) is 0 Å². The molecule has 0 unspecified atom stereocenters. The van der Waals surface area contributed by atoms with Gasteiger partial charge in [-0.05, 0) is 30.5 Å². The van der Waals surface area contributed by atoms with Crippen LogP contribution in [0.2, 0.25) is 0 Å². The summed E-state index contributed by atoms with van der Waals surface area (Å²) in [5.41, 5.74) is 10.9. The molecule has 0 saturated heterocycles. The van der Waals surface area contributed by atoms with Gasteiger partial charge in [0.25, 0.3) is 0 Å². The lowest BCUT2D eigenvalue weighted by Crippen LogP contribution is -2.14. The van der Waals surface area contributed by atoms with E-state index in [9.17, 15) is 0 Å². The molecule has 0 atom stereocenters. The molecule has 1 aromatic heterocycles. The van der Waals surface area contributed by atoms with E-state index in [0.29, 0.717) is 5.13 Å². The van der Waals surface area contributed by atoms with Crippen LogP contribution in [0.1, 0.15) is 48.0 Å². The number of aryl methyl sites for hydroxylation is 2. The number of thiazole rings is 1. The number of hydrogen-bond acceptors (Lipinski definition) is 3. The molecular weight excluding hydrogens is 332 g/mol. The monoisotopic (exact) mass is 352 g/mol. The number of halogens is 1. The lowest BCUT2D eigenvalue weighted by Gasteiger charge is -2.18. The highest BCUT2D eigenvalue weighted by Gasteiger charge is 2.22. The fourth-order valence-corrected chi connectivity index (χ4v) is 3.70. The molecule has 0 radical (unpaired) electrons. The Bertz CT molecular complexity index is 615. The molecule has 0 amide bonds. The quantitative estimate of drug-likeness (QED) is 0.826. The van der Waals surface area contributed by atoms with E-state index in [1.807, 2.05) is 0 Å². The minimum Gasteiger partial charge on any atom is -0.375 e. The predicted octanol–water partition coefficient (Wildman–Crippen LogP) is 4.99. The van der Waals surface area contributed by atoms with Crippen LogP contribution < -0.4 is 5.73 Å². The summed E-state index contributed by atoms with van der Waals surface area (Å²) in [6.07, 6.45) is 0.899. The molecule has 1 heterocycles. The fraction of sp³-hybridized carbons (Fsp3) is 0.438. The van der Waals surface area contributed by atoms with E-state index in [4.69, 9.17) is 5.73 Å². The third-order valence-electron chi connectivity index (χ3n) is 3.29. The van der Waals surface area contributed by atoms with Gasteiger partial charge < -0.3 is 5.73 Å². The maximum absolute atomic E-state index is 5.91. The number of anilines is 1. The number of rotatable bonds is 2.